The van der Waals surface area contributed by atoms with Gasteiger partial charge in [0, 0.05) is 4.47 Å². The molecule has 0 saturated heterocycles. The van der Waals surface area contributed by atoms with E-state index in [2.05, 4.69) is 29.8 Å². The second kappa shape index (κ2) is 21.5. The molecule has 40 heavy (non-hydrogen) atoms. The van der Waals surface area contributed by atoms with Crippen LogP contribution in [0.5, 0.6) is 11.5 Å². The summed E-state index contributed by atoms with van der Waals surface area (Å²) in [5, 5.41) is 9.90. The van der Waals surface area contributed by atoms with Gasteiger partial charge in [0.2, 0.25) is 0 Å². The Kier molecular flexibility index (Phi) is 18.2. The predicted octanol–water partition coefficient (Wildman–Crippen LogP) is 11.1. The van der Waals surface area contributed by atoms with E-state index in [1.165, 1.54) is 83.5 Å². The molecule has 0 fully saturated rings. The molecule has 4 nitrogen and oxygen atoms in total. The Morgan fingerprint density at radius 2 is 1.23 bits per heavy atom. The van der Waals surface area contributed by atoms with E-state index in [1.807, 2.05) is 42.5 Å². The van der Waals surface area contributed by atoms with Crippen molar-refractivity contribution in [1.29, 1.82) is 0 Å². The van der Waals surface area contributed by atoms with Gasteiger partial charge in [-0.2, -0.15) is 0 Å². The Morgan fingerprint density at radius 3 is 1.75 bits per heavy atom. The van der Waals surface area contributed by atoms with Gasteiger partial charge in [0.1, 0.15) is 0 Å². The minimum absolute atomic E-state index is 0.239. The number of ether oxygens (including phenoxy) is 2. The van der Waals surface area contributed by atoms with Gasteiger partial charge < -0.3 is 14.6 Å². The van der Waals surface area contributed by atoms with Crippen molar-refractivity contribution in [2.24, 2.45) is 0 Å². The topological polar surface area (TPSA) is 55.8 Å². The Balaban J connectivity index is 2.00. The molecule has 0 spiro atoms. The van der Waals surface area contributed by atoms with Gasteiger partial charge in [-0.15, -0.1) is 0 Å². The number of carboxylic acid groups (broad SMARTS) is 1. The molecule has 0 bridgehead atoms. The summed E-state index contributed by atoms with van der Waals surface area (Å²) in [6, 6.07) is 13.1. The molecule has 222 valence electrons. The van der Waals surface area contributed by atoms with Crippen LogP contribution in [0.15, 0.2) is 46.9 Å². The maximum Gasteiger partial charge on any atom is 0.336 e. The highest BCUT2D eigenvalue weighted by Gasteiger charge is 2.13. The van der Waals surface area contributed by atoms with Crippen molar-refractivity contribution >= 4 is 33.5 Å². The van der Waals surface area contributed by atoms with Crippen LogP contribution in [-0.2, 0) is 4.79 Å². The third-order valence-corrected chi connectivity index (χ3v) is 7.65. The fourth-order valence-corrected chi connectivity index (χ4v) is 5.17. The lowest BCUT2D eigenvalue weighted by atomic mass is 10.0. The van der Waals surface area contributed by atoms with Gasteiger partial charge in [-0.3, -0.25) is 0 Å². The molecule has 0 unspecified atom stereocenters. The fourth-order valence-electron chi connectivity index (χ4n) is 4.77. The molecule has 2 aromatic rings. The van der Waals surface area contributed by atoms with Crippen LogP contribution in [-0.4, -0.2) is 24.3 Å². The molecule has 0 heterocycles. The highest BCUT2D eigenvalue weighted by Crippen LogP contribution is 2.31. The highest BCUT2D eigenvalue weighted by atomic mass is 79.9. The van der Waals surface area contributed by atoms with Gasteiger partial charge in [0.15, 0.2) is 11.5 Å². The van der Waals surface area contributed by atoms with Gasteiger partial charge in [0.05, 0.1) is 18.8 Å². The van der Waals surface area contributed by atoms with Crippen molar-refractivity contribution in [3.63, 3.8) is 0 Å². The largest absolute Gasteiger partial charge is 0.490 e. The van der Waals surface area contributed by atoms with E-state index in [-0.39, 0.29) is 5.57 Å². The molecule has 0 aliphatic carbocycles. The van der Waals surface area contributed by atoms with E-state index in [4.69, 9.17) is 9.47 Å². The summed E-state index contributed by atoms with van der Waals surface area (Å²) in [6.07, 6.45) is 21.7. The van der Waals surface area contributed by atoms with Crippen molar-refractivity contribution in [1.82, 2.24) is 0 Å². The van der Waals surface area contributed by atoms with Crippen LogP contribution in [0, 0.1) is 0 Å². The average Bonchev–Trinajstić information content (AvgIpc) is 2.94. The standard InChI is InChI=1S/C35H51BrO4/c1-3-5-7-9-11-13-15-17-24-39-33-23-22-29(26-32(35(37)38)30-20-19-21-31(36)28-30)27-34(33)40-25-18-16-14-12-10-8-6-4-2/h19-23,26-28H,3-18,24-25H2,1-2H3,(H,37,38). The molecule has 0 radical (unpaired) electrons. The molecule has 0 aromatic heterocycles. The first-order chi connectivity index (χ1) is 19.5. The number of rotatable bonds is 23. The zero-order valence-corrected chi connectivity index (χ0v) is 26.5. The Hall–Kier alpha value is -2.27. The third-order valence-electron chi connectivity index (χ3n) is 7.16. The number of unbranched alkanes of at least 4 members (excludes halogenated alkanes) is 14. The van der Waals surface area contributed by atoms with Crippen molar-refractivity contribution in [3.05, 3.63) is 58.1 Å². The second-order valence-corrected chi connectivity index (χ2v) is 11.6. The summed E-state index contributed by atoms with van der Waals surface area (Å²) >= 11 is 3.44. The maximum atomic E-state index is 12.1. The van der Waals surface area contributed by atoms with E-state index in [1.54, 1.807) is 6.08 Å². The number of carboxylic acids is 1. The lowest BCUT2D eigenvalue weighted by molar-refractivity contribution is -0.130. The van der Waals surface area contributed by atoms with Crippen molar-refractivity contribution in [2.75, 3.05) is 13.2 Å². The Morgan fingerprint density at radius 1 is 0.700 bits per heavy atom. The zero-order valence-electron chi connectivity index (χ0n) is 24.9. The number of hydrogen-bond donors (Lipinski definition) is 1. The minimum Gasteiger partial charge on any atom is -0.490 e. The Labute approximate surface area is 251 Å². The summed E-state index contributed by atoms with van der Waals surface area (Å²) in [5.41, 5.74) is 1.67. The van der Waals surface area contributed by atoms with Crippen molar-refractivity contribution in [3.8, 4) is 11.5 Å². The van der Waals surface area contributed by atoms with Gasteiger partial charge >= 0.3 is 5.97 Å². The smallest absolute Gasteiger partial charge is 0.336 e. The molecular weight excluding hydrogens is 564 g/mol. The lowest BCUT2D eigenvalue weighted by Gasteiger charge is -2.14. The van der Waals surface area contributed by atoms with E-state index >= 15 is 0 Å². The van der Waals surface area contributed by atoms with Crippen molar-refractivity contribution < 1.29 is 19.4 Å². The van der Waals surface area contributed by atoms with Gasteiger partial charge in [-0.05, 0) is 54.3 Å². The third kappa shape index (κ3) is 14.4. The van der Waals surface area contributed by atoms with E-state index < -0.39 is 5.97 Å². The molecule has 0 amide bonds. The van der Waals surface area contributed by atoms with E-state index in [9.17, 15) is 9.90 Å². The van der Waals surface area contributed by atoms with Gasteiger partial charge in [0.25, 0.3) is 0 Å². The molecular formula is C35H51BrO4. The van der Waals surface area contributed by atoms with Gasteiger partial charge in [-0.1, -0.05) is 138 Å². The second-order valence-electron chi connectivity index (χ2n) is 10.7. The van der Waals surface area contributed by atoms with Crippen LogP contribution in [0.4, 0.5) is 0 Å². The summed E-state index contributed by atoms with van der Waals surface area (Å²) in [4.78, 5) is 12.1. The number of carbonyl (C=O) groups is 1. The lowest BCUT2D eigenvalue weighted by Crippen LogP contribution is -2.03. The summed E-state index contributed by atoms with van der Waals surface area (Å²) in [7, 11) is 0. The highest BCUT2D eigenvalue weighted by molar-refractivity contribution is 9.10. The minimum atomic E-state index is -0.963. The molecule has 1 N–H and O–H groups in total. The SMILES string of the molecule is CCCCCCCCCCOc1ccc(C=C(C(=O)O)c2cccc(Br)c2)cc1OCCCCCCCCCC. The predicted molar refractivity (Wildman–Crippen MR) is 172 cm³/mol. The normalized spacial score (nSPS) is 11.5. The summed E-state index contributed by atoms with van der Waals surface area (Å²) in [6.45, 7) is 5.80. The van der Waals surface area contributed by atoms with E-state index in [0.29, 0.717) is 24.5 Å². The molecule has 2 rings (SSSR count). The monoisotopic (exact) mass is 614 g/mol. The maximum absolute atomic E-state index is 12.1. The first kappa shape index (κ1) is 33.9. The molecule has 0 aliphatic heterocycles. The van der Waals surface area contributed by atoms with Crippen molar-refractivity contribution in [2.45, 2.75) is 117 Å². The van der Waals surface area contributed by atoms with Crippen LogP contribution < -0.4 is 9.47 Å². The quantitative estimate of drug-likeness (QED) is 0.0768. The molecule has 0 saturated carbocycles. The molecule has 0 aliphatic rings. The van der Waals surface area contributed by atoms with Crippen LogP contribution in [0.25, 0.3) is 11.6 Å². The van der Waals surface area contributed by atoms with Crippen LogP contribution >= 0.6 is 15.9 Å². The molecule has 2 aromatic carbocycles. The number of aliphatic carboxylic acids is 1. The number of halogens is 1. The molecule has 5 heteroatoms. The van der Waals surface area contributed by atoms with Crippen LogP contribution in [0.3, 0.4) is 0 Å². The average molecular weight is 616 g/mol. The van der Waals surface area contributed by atoms with Gasteiger partial charge in [-0.25, -0.2) is 4.79 Å². The summed E-state index contributed by atoms with van der Waals surface area (Å²) < 4.78 is 13.2. The summed E-state index contributed by atoms with van der Waals surface area (Å²) in [5.74, 6) is 0.462. The first-order valence-electron chi connectivity index (χ1n) is 15.7. The number of benzene rings is 2. The fraction of sp³-hybridized carbons (Fsp3) is 0.571. The first-order valence-corrected chi connectivity index (χ1v) is 16.4. The molecule has 0 atom stereocenters. The Bertz CT molecular complexity index is 1000. The van der Waals surface area contributed by atoms with E-state index in [0.717, 1.165) is 35.0 Å². The number of hydrogen-bond acceptors (Lipinski definition) is 3. The van der Waals surface area contributed by atoms with Crippen LogP contribution in [0.2, 0.25) is 0 Å². The van der Waals surface area contributed by atoms with Crippen LogP contribution in [0.1, 0.15) is 128 Å². The zero-order chi connectivity index (χ0) is 28.8.